The molecule has 0 unspecified atom stereocenters. The number of amides is 1. The lowest BCUT2D eigenvalue weighted by Gasteiger charge is -2.11. The number of methoxy groups -OCH3 is 3. The van der Waals surface area contributed by atoms with E-state index in [1.54, 1.807) is 18.2 Å². The second-order valence-electron chi connectivity index (χ2n) is 7.61. The van der Waals surface area contributed by atoms with Gasteiger partial charge in [0.15, 0.2) is 11.5 Å². The van der Waals surface area contributed by atoms with Crippen molar-refractivity contribution in [3.63, 3.8) is 0 Å². The van der Waals surface area contributed by atoms with Crippen molar-refractivity contribution in [2.24, 2.45) is 5.10 Å². The molecule has 0 saturated heterocycles. The molecule has 4 aromatic rings. The van der Waals surface area contributed by atoms with Crippen LogP contribution in [0, 0.1) is 0 Å². The normalized spacial score (nSPS) is 10.8. The van der Waals surface area contributed by atoms with E-state index in [4.69, 9.17) is 18.9 Å². The summed E-state index contributed by atoms with van der Waals surface area (Å²) < 4.78 is 21.8. The van der Waals surface area contributed by atoms with Gasteiger partial charge in [0.25, 0.3) is 5.91 Å². The van der Waals surface area contributed by atoms with Gasteiger partial charge in [-0.05, 0) is 42.0 Å². The van der Waals surface area contributed by atoms with Crippen LogP contribution in [-0.4, -0.2) is 43.6 Å². The molecule has 4 rings (SSSR count). The fourth-order valence-electron chi connectivity index (χ4n) is 3.42. The lowest BCUT2D eigenvalue weighted by molar-refractivity contribution is 0.0950. The SMILES string of the molecule is COc1cc(OC)c(OC)cc1C=NNC(=O)c1cc(-c2ccc(OCc3ccccc3)cc2)n[nH]1. The Labute approximate surface area is 208 Å². The van der Waals surface area contributed by atoms with E-state index in [2.05, 4.69) is 20.7 Å². The molecule has 9 heteroatoms. The number of hydrazone groups is 1. The minimum atomic E-state index is -0.438. The molecular weight excluding hydrogens is 460 g/mol. The van der Waals surface area contributed by atoms with Crippen LogP contribution in [0.3, 0.4) is 0 Å². The summed E-state index contributed by atoms with van der Waals surface area (Å²) in [6, 6.07) is 22.5. The molecule has 184 valence electrons. The molecule has 1 aromatic heterocycles. The Morgan fingerprint density at radius 1 is 0.917 bits per heavy atom. The second kappa shape index (κ2) is 11.6. The first-order valence-electron chi connectivity index (χ1n) is 11.1. The maximum Gasteiger partial charge on any atom is 0.289 e. The number of carbonyl (C=O) groups excluding carboxylic acids is 1. The maximum absolute atomic E-state index is 12.5. The molecule has 1 amide bonds. The van der Waals surface area contributed by atoms with Crippen LogP contribution in [0.5, 0.6) is 23.0 Å². The van der Waals surface area contributed by atoms with Crippen LogP contribution in [0.25, 0.3) is 11.3 Å². The lowest BCUT2D eigenvalue weighted by Crippen LogP contribution is -2.18. The molecule has 0 fully saturated rings. The Kier molecular flexibility index (Phi) is 7.82. The standard InChI is InChI=1S/C27H26N4O5/c1-33-24-15-26(35-3)25(34-2)13-20(24)16-28-31-27(32)23-14-22(29-30-23)19-9-11-21(12-10-19)36-17-18-7-5-4-6-8-18/h4-16H,17H2,1-3H3,(H,29,30)(H,31,32). The molecular formula is C27H26N4O5. The summed E-state index contributed by atoms with van der Waals surface area (Å²) in [7, 11) is 4.61. The highest BCUT2D eigenvalue weighted by Crippen LogP contribution is 2.33. The quantitative estimate of drug-likeness (QED) is 0.253. The average Bonchev–Trinajstić information content (AvgIpc) is 3.43. The molecule has 0 atom stereocenters. The van der Waals surface area contributed by atoms with Crippen LogP contribution >= 0.6 is 0 Å². The van der Waals surface area contributed by atoms with Crippen molar-refractivity contribution in [2.45, 2.75) is 6.61 Å². The number of aromatic nitrogens is 2. The predicted molar refractivity (Wildman–Crippen MR) is 136 cm³/mol. The summed E-state index contributed by atoms with van der Waals surface area (Å²) >= 11 is 0. The Hall–Kier alpha value is -4.79. The van der Waals surface area contributed by atoms with Gasteiger partial charge in [-0.2, -0.15) is 10.2 Å². The van der Waals surface area contributed by atoms with Crippen molar-refractivity contribution >= 4 is 12.1 Å². The van der Waals surface area contributed by atoms with Crippen molar-refractivity contribution in [3.8, 4) is 34.3 Å². The number of nitrogens with one attached hydrogen (secondary N) is 2. The van der Waals surface area contributed by atoms with Crippen LogP contribution < -0.4 is 24.4 Å². The number of hydrogen-bond acceptors (Lipinski definition) is 7. The van der Waals surface area contributed by atoms with E-state index in [0.29, 0.717) is 35.1 Å². The lowest BCUT2D eigenvalue weighted by atomic mass is 10.1. The third-order valence-electron chi connectivity index (χ3n) is 5.33. The maximum atomic E-state index is 12.5. The number of aromatic amines is 1. The summed E-state index contributed by atoms with van der Waals surface area (Å²) in [4.78, 5) is 12.5. The number of benzene rings is 3. The topological polar surface area (TPSA) is 107 Å². The highest BCUT2D eigenvalue weighted by atomic mass is 16.5. The number of H-pyrrole nitrogens is 1. The molecule has 1 heterocycles. The third kappa shape index (κ3) is 5.82. The largest absolute Gasteiger partial charge is 0.496 e. The summed E-state index contributed by atoms with van der Waals surface area (Å²) in [5.41, 5.74) is 5.92. The van der Waals surface area contributed by atoms with Gasteiger partial charge in [-0.3, -0.25) is 9.89 Å². The highest BCUT2D eigenvalue weighted by Gasteiger charge is 2.12. The number of nitrogens with zero attached hydrogens (tertiary/aromatic N) is 2. The first-order chi connectivity index (χ1) is 17.6. The van der Waals surface area contributed by atoms with E-state index >= 15 is 0 Å². The summed E-state index contributed by atoms with van der Waals surface area (Å²) in [5.74, 6) is 1.87. The molecule has 0 saturated carbocycles. The van der Waals surface area contributed by atoms with Gasteiger partial charge in [-0.1, -0.05) is 30.3 Å². The third-order valence-corrected chi connectivity index (χ3v) is 5.33. The molecule has 0 spiro atoms. The van der Waals surface area contributed by atoms with Gasteiger partial charge in [-0.25, -0.2) is 5.43 Å². The minimum Gasteiger partial charge on any atom is -0.496 e. The molecule has 0 aliphatic carbocycles. The zero-order valence-electron chi connectivity index (χ0n) is 20.1. The molecule has 0 radical (unpaired) electrons. The minimum absolute atomic E-state index is 0.269. The van der Waals surface area contributed by atoms with Gasteiger partial charge in [0, 0.05) is 17.2 Å². The Balaban J connectivity index is 1.38. The molecule has 0 aliphatic heterocycles. The van der Waals surface area contributed by atoms with Gasteiger partial charge in [0.2, 0.25) is 0 Å². The zero-order chi connectivity index (χ0) is 25.3. The fraction of sp³-hybridized carbons (Fsp3) is 0.148. The first kappa shape index (κ1) is 24.3. The van der Waals surface area contributed by atoms with Gasteiger partial charge in [0.05, 0.1) is 33.2 Å². The summed E-state index contributed by atoms with van der Waals surface area (Å²) in [6.45, 7) is 0.489. The Morgan fingerprint density at radius 2 is 1.61 bits per heavy atom. The van der Waals surface area contributed by atoms with E-state index in [1.807, 2.05) is 54.6 Å². The van der Waals surface area contributed by atoms with Gasteiger partial charge in [0.1, 0.15) is 23.8 Å². The number of rotatable bonds is 10. The van der Waals surface area contributed by atoms with Crippen LogP contribution in [0.4, 0.5) is 0 Å². The van der Waals surface area contributed by atoms with Crippen molar-refractivity contribution in [3.05, 3.63) is 89.6 Å². The molecule has 9 nitrogen and oxygen atoms in total. The van der Waals surface area contributed by atoms with Crippen molar-refractivity contribution in [2.75, 3.05) is 21.3 Å². The van der Waals surface area contributed by atoms with E-state index in [0.717, 1.165) is 16.9 Å². The van der Waals surface area contributed by atoms with E-state index < -0.39 is 5.91 Å². The second-order valence-corrected chi connectivity index (χ2v) is 7.61. The highest BCUT2D eigenvalue weighted by molar-refractivity contribution is 5.94. The van der Waals surface area contributed by atoms with E-state index in [9.17, 15) is 4.79 Å². The van der Waals surface area contributed by atoms with Crippen molar-refractivity contribution < 1.29 is 23.7 Å². The molecule has 2 N–H and O–H groups in total. The van der Waals surface area contributed by atoms with Crippen molar-refractivity contribution in [1.29, 1.82) is 0 Å². The van der Waals surface area contributed by atoms with Crippen LogP contribution in [0.15, 0.2) is 77.9 Å². The Morgan fingerprint density at radius 3 is 2.31 bits per heavy atom. The summed E-state index contributed by atoms with van der Waals surface area (Å²) in [5, 5.41) is 11.0. The molecule has 36 heavy (non-hydrogen) atoms. The smallest absolute Gasteiger partial charge is 0.289 e. The van der Waals surface area contributed by atoms with Gasteiger partial charge in [-0.15, -0.1) is 0 Å². The predicted octanol–water partition coefficient (Wildman–Crippen LogP) is 4.45. The van der Waals surface area contributed by atoms with E-state index in [-0.39, 0.29) is 5.69 Å². The first-order valence-corrected chi connectivity index (χ1v) is 11.1. The van der Waals surface area contributed by atoms with E-state index in [1.165, 1.54) is 27.5 Å². The number of carbonyl (C=O) groups is 1. The van der Waals surface area contributed by atoms with Gasteiger partial charge < -0.3 is 18.9 Å². The monoisotopic (exact) mass is 486 g/mol. The van der Waals surface area contributed by atoms with Crippen LogP contribution in [0.2, 0.25) is 0 Å². The van der Waals surface area contributed by atoms with Crippen molar-refractivity contribution in [1.82, 2.24) is 15.6 Å². The van der Waals surface area contributed by atoms with Crippen LogP contribution in [0.1, 0.15) is 21.6 Å². The molecule has 3 aromatic carbocycles. The summed E-state index contributed by atoms with van der Waals surface area (Å²) in [6.07, 6.45) is 1.46. The zero-order valence-corrected chi connectivity index (χ0v) is 20.1. The van der Waals surface area contributed by atoms with Crippen LogP contribution in [-0.2, 0) is 6.61 Å². The number of ether oxygens (including phenoxy) is 4. The average molecular weight is 487 g/mol. The molecule has 0 aliphatic rings. The number of hydrogen-bond donors (Lipinski definition) is 2. The Bertz CT molecular complexity index is 1330. The molecule has 0 bridgehead atoms. The van der Waals surface area contributed by atoms with Gasteiger partial charge >= 0.3 is 0 Å². The fourth-order valence-corrected chi connectivity index (χ4v) is 3.42.